The highest BCUT2D eigenvalue weighted by Crippen LogP contribution is 2.25. The maximum absolute atomic E-state index is 12.2. The fourth-order valence-electron chi connectivity index (χ4n) is 0.884. The average Bonchev–Trinajstić information content (AvgIpc) is 2.18. The number of amides is 1. The second-order valence-electron chi connectivity index (χ2n) is 3.07. The number of carbonyl (C=O) groups is 1. The van der Waals surface area contributed by atoms with Crippen molar-refractivity contribution in [2.24, 2.45) is 0 Å². The van der Waals surface area contributed by atoms with Crippen LogP contribution in [0.25, 0.3) is 0 Å². The van der Waals surface area contributed by atoms with Crippen molar-refractivity contribution in [3.05, 3.63) is 23.4 Å². The van der Waals surface area contributed by atoms with E-state index in [1.807, 2.05) is 13.8 Å². The summed E-state index contributed by atoms with van der Waals surface area (Å²) in [4.78, 5) is 10.7. The normalized spacial score (nSPS) is 12.7. The highest BCUT2D eigenvalue weighted by atomic mass is 19.4. The van der Waals surface area contributed by atoms with E-state index in [0.29, 0.717) is 6.42 Å². The standard InChI is InChI=1S/C10H14F3NO.C2H6/c1-4-5-9(14-8(3)15)6-7(2)10(11,12)13;1-2/h5-6H,4H2,1-3H3,(H,14,15);1-2H3/b7-6+,9-5+;. The van der Waals surface area contributed by atoms with Gasteiger partial charge in [-0.3, -0.25) is 4.79 Å². The second-order valence-corrected chi connectivity index (χ2v) is 3.07. The summed E-state index contributed by atoms with van der Waals surface area (Å²) >= 11 is 0. The Morgan fingerprint density at radius 1 is 1.24 bits per heavy atom. The van der Waals surface area contributed by atoms with Crippen LogP contribution in [0.1, 0.15) is 41.0 Å². The van der Waals surface area contributed by atoms with E-state index in [-0.39, 0.29) is 11.6 Å². The third-order valence-corrected chi connectivity index (χ3v) is 1.56. The molecule has 17 heavy (non-hydrogen) atoms. The topological polar surface area (TPSA) is 29.1 Å². The minimum Gasteiger partial charge on any atom is -0.327 e. The molecule has 0 atom stereocenters. The first kappa shape index (κ1) is 18.1. The van der Waals surface area contributed by atoms with Crippen molar-refractivity contribution in [2.45, 2.75) is 47.2 Å². The zero-order valence-electron chi connectivity index (χ0n) is 10.9. The molecule has 0 aliphatic heterocycles. The molecule has 0 aromatic rings. The highest BCUT2D eigenvalue weighted by Gasteiger charge is 2.29. The van der Waals surface area contributed by atoms with Gasteiger partial charge in [-0.1, -0.05) is 26.8 Å². The van der Waals surface area contributed by atoms with Gasteiger partial charge < -0.3 is 5.32 Å². The van der Waals surface area contributed by atoms with Crippen molar-refractivity contribution in [3.63, 3.8) is 0 Å². The maximum Gasteiger partial charge on any atom is 0.412 e. The van der Waals surface area contributed by atoms with Gasteiger partial charge in [-0.25, -0.2) is 0 Å². The fraction of sp³-hybridized carbons (Fsp3) is 0.583. The molecule has 100 valence electrons. The van der Waals surface area contributed by atoms with Crippen LogP contribution in [0, 0.1) is 0 Å². The van der Waals surface area contributed by atoms with Gasteiger partial charge in [-0.2, -0.15) is 13.2 Å². The SMILES string of the molecule is CC.CC/C=C(\C=C(/C)C(F)(F)F)NC(C)=O. The number of halogens is 3. The van der Waals surface area contributed by atoms with Crippen LogP contribution in [-0.2, 0) is 4.79 Å². The largest absolute Gasteiger partial charge is 0.412 e. The number of nitrogens with one attached hydrogen (secondary N) is 1. The highest BCUT2D eigenvalue weighted by molar-refractivity contribution is 5.75. The molecule has 0 bridgehead atoms. The van der Waals surface area contributed by atoms with E-state index in [0.717, 1.165) is 13.0 Å². The Hall–Kier alpha value is -1.26. The summed E-state index contributed by atoms with van der Waals surface area (Å²) in [7, 11) is 0. The van der Waals surface area contributed by atoms with Crippen molar-refractivity contribution in [1.29, 1.82) is 0 Å². The summed E-state index contributed by atoms with van der Waals surface area (Å²) in [6, 6.07) is 0. The van der Waals surface area contributed by atoms with E-state index in [9.17, 15) is 18.0 Å². The Morgan fingerprint density at radius 2 is 1.71 bits per heavy atom. The lowest BCUT2D eigenvalue weighted by Crippen LogP contribution is -2.19. The second kappa shape index (κ2) is 8.84. The number of hydrogen-bond donors (Lipinski definition) is 1. The molecule has 0 aliphatic carbocycles. The number of rotatable bonds is 3. The predicted molar refractivity (Wildman–Crippen MR) is 63.4 cm³/mol. The lowest BCUT2D eigenvalue weighted by molar-refractivity contribution is -0.118. The lowest BCUT2D eigenvalue weighted by Gasteiger charge is -2.08. The summed E-state index contributed by atoms with van der Waals surface area (Å²) in [5, 5.41) is 2.33. The van der Waals surface area contributed by atoms with E-state index < -0.39 is 11.7 Å². The third kappa shape index (κ3) is 9.66. The first-order valence-electron chi connectivity index (χ1n) is 5.50. The van der Waals surface area contributed by atoms with Crippen molar-refractivity contribution in [1.82, 2.24) is 5.32 Å². The van der Waals surface area contributed by atoms with Gasteiger partial charge >= 0.3 is 6.18 Å². The molecular formula is C12H20F3NO. The number of hydrogen-bond acceptors (Lipinski definition) is 1. The molecule has 0 spiro atoms. The Bertz CT molecular complexity index is 291. The zero-order chi connectivity index (χ0) is 14.1. The number of carbonyl (C=O) groups excluding carboxylic acids is 1. The third-order valence-electron chi connectivity index (χ3n) is 1.56. The van der Waals surface area contributed by atoms with Crippen molar-refractivity contribution in [3.8, 4) is 0 Å². The van der Waals surface area contributed by atoms with E-state index in [4.69, 9.17) is 0 Å². The molecule has 0 unspecified atom stereocenters. The summed E-state index contributed by atoms with van der Waals surface area (Å²) in [5.41, 5.74) is -0.559. The Labute approximate surface area is 101 Å². The minimum atomic E-state index is -4.36. The molecule has 0 radical (unpaired) electrons. The van der Waals surface area contributed by atoms with Crippen LogP contribution >= 0.6 is 0 Å². The Balaban J connectivity index is 0. The molecule has 0 rings (SSSR count). The van der Waals surface area contributed by atoms with Crippen LogP contribution in [0.2, 0.25) is 0 Å². The van der Waals surface area contributed by atoms with Gasteiger partial charge in [0.05, 0.1) is 0 Å². The maximum atomic E-state index is 12.2. The summed E-state index contributed by atoms with van der Waals surface area (Å²) in [6.07, 6.45) is -1.36. The average molecular weight is 251 g/mol. The molecule has 1 N–H and O–H groups in total. The van der Waals surface area contributed by atoms with Crippen LogP contribution < -0.4 is 5.32 Å². The molecular weight excluding hydrogens is 231 g/mol. The summed E-state index contributed by atoms with van der Waals surface area (Å²) < 4.78 is 36.5. The van der Waals surface area contributed by atoms with Crippen LogP contribution in [-0.4, -0.2) is 12.1 Å². The quantitative estimate of drug-likeness (QED) is 0.756. The van der Waals surface area contributed by atoms with Gasteiger partial charge in [-0.15, -0.1) is 0 Å². The van der Waals surface area contributed by atoms with Gasteiger partial charge in [0.25, 0.3) is 0 Å². The first-order chi connectivity index (χ1) is 7.77. The number of alkyl halides is 3. The van der Waals surface area contributed by atoms with E-state index in [2.05, 4.69) is 5.32 Å². The summed E-state index contributed by atoms with van der Waals surface area (Å²) in [6.45, 7) is 7.99. The van der Waals surface area contributed by atoms with E-state index in [1.165, 1.54) is 13.0 Å². The first-order valence-corrected chi connectivity index (χ1v) is 5.50. The van der Waals surface area contributed by atoms with Crippen molar-refractivity contribution in [2.75, 3.05) is 0 Å². The van der Waals surface area contributed by atoms with Gasteiger partial charge in [-0.05, 0) is 19.4 Å². The molecule has 0 saturated heterocycles. The molecule has 5 heteroatoms. The number of allylic oxidation sites excluding steroid dienone is 3. The van der Waals surface area contributed by atoms with Gasteiger partial charge in [0, 0.05) is 18.2 Å². The molecule has 0 heterocycles. The van der Waals surface area contributed by atoms with Gasteiger partial charge in [0.1, 0.15) is 0 Å². The van der Waals surface area contributed by atoms with Crippen molar-refractivity contribution >= 4 is 5.91 Å². The molecule has 0 saturated carbocycles. The minimum absolute atomic E-state index is 0.180. The van der Waals surface area contributed by atoms with E-state index in [1.54, 1.807) is 6.92 Å². The van der Waals surface area contributed by atoms with Crippen LogP contribution in [0.15, 0.2) is 23.4 Å². The summed E-state index contributed by atoms with van der Waals surface area (Å²) in [5.74, 6) is -0.388. The molecule has 0 fully saturated rings. The van der Waals surface area contributed by atoms with Crippen LogP contribution in [0.3, 0.4) is 0 Å². The lowest BCUT2D eigenvalue weighted by atomic mass is 10.2. The molecule has 0 aromatic carbocycles. The molecule has 0 aromatic heterocycles. The van der Waals surface area contributed by atoms with Crippen molar-refractivity contribution < 1.29 is 18.0 Å². The van der Waals surface area contributed by atoms with Gasteiger partial charge in [0.15, 0.2) is 0 Å². The molecule has 1 amide bonds. The Kier molecular flexibility index (Phi) is 9.42. The monoisotopic (exact) mass is 251 g/mol. The molecule has 2 nitrogen and oxygen atoms in total. The van der Waals surface area contributed by atoms with Gasteiger partial charge in [0.2, 0.25) is 5.91 Å². The van der Waals surface area contributed by atoms with Crippen LogP contribution in [0.4, 0.5) is 13.2 Å². The Morgan fingerprint density at radius 3 is 2.00 bits per heavy atom. The predicted octanol–water partition coefficient (Wildman–Crippen LogP) is 3.95. The van der Waals surface area contributed by atoms with Crippen LogP contribution in [0.5, 0.6) is 0 Å². The van der Waals surface area contributed by atoms with E-state index >= 15 is 0 Å². The fourth-order valence-corrected chi connectivity index (χ4v) is 0.884. The zero-order valence-corrected chi connectivity index (χ0v) is 10.9. The molecule has 0 aliphatic rings. The smallest absolute Gasteiger partial charge is 0.327 e.